The van der Waals surface area contributed by atoms with Gasteiger partial charge in [0, 0.05) is 5.69 Å². The SMILES string of the molecule is CC(C)CONC(=O)c1cncn1-c1ccccc1. The molecule has 1 heterocycles. The average Bonchev–Trinajstić information content (AvgIpc) is 2.88. The average molecular weight is 259 g/mol. The number of imidazole rings is 1. The number of rotatable bonds is 5. The number of hydrogen-bond donors (Lipinski definition) is 1. The minimum absolute atomic E-state index is 0.304. The van der Waals surface area contributed by atoms with Crippen molar-refractivity contribution in [2.75, 3.05) is 6.61 Å². The molecule has 0 atom stereocenters. The first-order valence-corrected chi connectivity index (χ1v) is 6.18. The summed E-state index contributed by atoms with van der Waals surface area (Å²) >= 11 is 0. The van der Waals surface area contributed by atoms with Gasteiger partial charge in [-0.3, -0.25) is 14.2 Å². The third kappa shape index (κ3) is 3.42. The van der Waals surface area contributed by atoms with E-state index in [9.17, 15) is 4.79 Å². The van der Waals surface area contributed by atoms with Crippen LogP contribution in [0.4, 0.5) is 0 Å². The zero-order chi connectivity index (χ0) is 13.7. The van der Waals surface area contributed by atoms with E-state index < -0.39 is 0 Å². The van der Waals surface area contributed by atoms with Crippen LogP contribution in [0.15, 0.2) is 42.9 Å². The quantitative estimate of drug-likeness (QED) is 0.837. The van der Waals surface area contributed by atoms with Gasteiger partial charge in [-0.1, -0.05) is 32.0 Å². The molecule has 0 aliphatic rings. The maximum Gasteiger partial charge on any atom is 0.293 e. The van der Waals surface area contributed by atoms with Crippen LogP contribution in [0, 0.1) is 5.92 Å². The first kappa shape index (κ1) is 13.3. The van der Waals surface area contributed by atoms with E-state index in [1.165, 1.54) is 6.20 Å². The predicted molar refractivity (Wildman–Crippen MR) is 71.8 cm³/mol. The van der Waals surface area contributed by atoms with Gasteiger partial charge in [-0.05, 0) is 18.1 Å². The first-order chi connectivity index (χ1) is 9.18. The zero-order valence-electron chi connectivity index (χ0n) is 11.0. The Morgan fingerprint density at radius 1 is 1.37 bits per heavy atom. The molecule has 2 rings (SSSR count). The maximum absolute atomic E-state index is 12.0. The van der Waals surface area contributed by atoms with Crippen molar-refractivity contribution in [3.8, 4) is 5.69 Å². The van der Waals surface area contributed by atoms with Gasteiger partial charge in [-0.2, -0.15) is 0 Å². The normalized spacial score (nSPS) is 10.7. The van der Waals surface area contributed by atoms with Crippen LogP contribution in [0.5, 0.6) is 0 Å². The lowest BCUT2D eigenvalue weighted by atomic mass is 10.2. The number of amides is 1. The van der Waals surface area contributed by atoms with Crippen molar-refractivity contribution in [3.05, 3.63) is 48.5 Å². The van der Waals surface area contributed by atoms with E-state index in [0.29, 0.717) is 18.2 Å². The first-order valence-electron chi connectivity index (χ1n) is 6.18. The minimum Gasteiger partial charge on any atom is -0.295 e. The Hall–Kier alpha value is -2.14. The summed E-state index contributed by atoms with van der Waals surface area (Å²) in [5, 5.41) is 0. The molecule has 2 aromatic rings. The lowest BCUT2D eigenvalue weighted by molar-refractivity contribution is 0.0203. The number of carbonyl (C=O) groups is 1. The van der Waals surface area contributed by atoms with Gasteiger partial charge in [0.15, 0.2) is 0 Å². The van der Waals surface area contributed by atoms with Crippen LogP contribution in [0.3, 0.4) is 0 Å². The van der Waals surface area contributed by atoms with Crippen molar-refractivity contribution in [2.24, 2.45) is 5.92 Å². The van der Waals surface area contributed by atoms with E-state index in [4.69, 9.17) is 4.84 Å². The third-order valence-electron chi connectivity index (χ3n) is 2.49. The van der Waals surface area contributed by atoms with E-state index in [1.54, 1.807) is 10.9 Å². The van der Waals surface area contributed by atoms with Crippen molar-refractivity contribution in [1.82, 2.24) is 15.0 Å². The van der Waals surface area contributed by atoms with Gasteiger partial charge in [-0.15, -0.1) is 0 Å². The second kappa shape index (κ2) is 6.15. The second-order valence-corrected chi connectivity index (χ2v) is 4.62. The molecule has 0 radical (unpaired) electrons. The summed E-state index contributed by atoms with van der Waals surface area (Å²) < 4.78 is 1.72. The molecule has 5 heteroatoms. The highest BCUT2D eigenvalue weighted by atomic mass is 16.6. The van der Waals surface area contributed by atoms with Gasteiger partial charge in [0.1, 0.15) is 5.69 Å². The second-order valence-electron chi connectivity index (χ2n) is 4.62. The van der Waals surface area contributed by atoms with Crippen LogP contribution >= 0.6 is 0 Å². The van der Waals surface area contributed by atoms with E-state index in [0.717, 1.165) is 5.69 Å². The fourth-order valence-electron chi connectivity index (χ4n) is 1.58. The number of carbonyl (C=O) groups excluding carboxylic acids is 1. The summed E-state index contributed by atoms with van der Waals surface area (Å²) in [5.41, 5.74) is 3.75. The van der Waals surface area contributed by atoms with Gasteiger partial charge >= 0.3 is 0 Å². The molecule has 0 spiro atoms. The number of hydrogen-bond acceptors (Lipinski definition) is 3. The fourth-order valence-corrected chi connectivity index (χ4v) is 1.58. The molecule has 0 saturated heterocycles. The fraction of sp³-hybridized carbons (Fsp3) is 0.286. The Morgan fingerprint density at radius 2 is 2.11 bits per heavy atom. The molecule has 1 N–H and O–H groups in total. The largest absolute Gasteiger partial charge is 0.295 e. The zero-order valence-corrected chi connectivity index (χ0v) is 11.0. The lowest BCUT2D eigenvalue weighted by Crippen LogP contribution is -2.27. The van der Waals surface area contributed by atoms with Crippen molar-refractivity contribution in [3.63, 3.8) is 0 Å². The van der Waals surface area contributed by atoms with E-state index >= 15 is 0 Å². The van der Waals surface area contributed by atoms with E-state index in [2.05, 4.69) is 10.5 Å². The molecule has 1 amide bonds. The molecule has 1 aromatic carbocycles. The van der Waals surface area contributed by atoms with Crippen LogP contribution in [0.25, 0.3) is 5.69 Å². The summed E-state index contributed by atoms with van der Waals surface area (Å²) in [7, 11) is 0. The molecule has 0 fully saturated rings. The molecule has 0 aliphatic heterocycles. The van der Waals surface area contributed by atoms with Crippen LogP contribution in [-0.2, 0) is 4.84 Å². The van der Waals surface area contributed by atoms with Gasteiger partial charge in [0.2, 0.25) is 0 Å². The molecule has 0 saturated carbocycles. The number of nitrogens with one attached hydrogen (secondary N) is 1. The highest BCUT2D eigenvalue weighted by Crippen LogP contribution is 2.10. The van der Waals surface area contributed by atoms with E-state index in [-0.39, 0.29) is 5.91 Å². The summed E-state index contributed by atoms with van der Waals surface area (Å²) in [6.45, 7) is 4.51. The highest BCUT2D eigenvalue weighted by Gasteiger charge is 2.13. The van der Waals surface area contributed by atoms with Crippen molar-refractivity contribution >= 4 is 5.91 Å². The molecular formula is C14H17N3O2. The summed E-state index contributed by atoms with van der Waals surface area (Å²) in [6.07, 6.45) is 3.12. The smallest absolute Gasteiger partial charge is 0.293 e. The van der Waals surface area contributed by atoms with Crippen molar-refractivity contribution < 1.29 is 9.63 Å². The maximum atomic E-state index is 12.0. The van der Waals surface area contributed by atoms with Crippen molar-refractivity contribution in [2.45, 2.75) is 13.8 Å². The van der Waals surface area contributed by atoms with Gasteiger partial charge < -0.3 is 0 Å². The van der Waals surface area contributed by atoms with Crippen LogP contribution in [0.1, 0.15) is 24.3 Å². The molecule has 100 valence electrons. The number of para-hydroxylation sites is 1. The van der Waals surface area contributed by atoms with Gasteiger partial charge in [-0.25, -0.2) is 10.5 Å². The Labute approximate surface area is 112 Å². The number of nitrogens with zero attached hydrogens (tertiary/aromatic N) is 2. The van der Waals surface area contributed by atoms with Crippen LogP contribution in [0.2, 0.25) is 0 Å². The topological polar surface area (TPSA) is 56.1 Å². The minimum atomic E-state index is -0.304. The van der Waals surface area contributed by atoms with Crippen molar-refractivity contribution in [1.29, 1.82) is 0 Å². The monoisotopic (exact) mass is 259 g/mol. The molecule has 0 aliphatic carbocycles. The lowest BCUT2D eigenvalue weighted by Gasteiger charge is -2.10. The molecule has 0 bridgehead atoms. The molecule has 0 unspecified atom stereocenters. The predicted octanol–water partition coefficient (Wildman–Crippen LogP) is 2.19. The number of hydroxylamine groups is 1. The Bertz CT molecular complexity index is 535. The van der Waals surface area contributed by atoms with E-state index in [1.807, 2.05) is 44.2 Å². The standard InChI is InChI=1S/C14H17N3O2/c1-11(2)9-19-16-14(18)13-8-15-10-17(13)12-6-4-3-5-7-12/h3-8,10-11H,9H2,1-2H3,(H,16,18). The Kier molecular flexibility index (Phi) is 4.30. The molecule has 5 nitrogen and oxygen atoms in total. The summed E-state index contributed by atoms with van der Waals surface area (Å²) in [6, 6.07) is 9.56. The Morgan fingerprint density at radius 3 is 2.79 bits per heavy atom. The van der Waals surface area contributed by atoms with Crippen LogP contribution < -0.4 is 5.48 Å². The summed E-state index contributed by atoms with van der Waals surface area (Å²) in [4.78, 5) is 21.1. The highest BCUT2D eigenvalue weighted by molar-refractivity contribution is 5.92. The summed E-state index contributed by atoms with van der Waals surface area (Å²) in [5.74, 6) is 0.0568. The van der Waals surface area contributed by atoms with Crippen LogP contribution in [-0.4, -0.2) is 22.1 Å². The third-order valence-corrected chi connectivity index (χ3v) is 2.49. The van der Waals surface area contributed by atoms with Gasteiger partial charge in [0.25, 0.3) is 5.91 Å². The molecular weight excluding hydrogens is 242 g/mol. The number of benzene rings is 1. The Balaban J connectivity index is 2.09. The molecule has 1 aromatic heterocycles. The molecule has 19 heavy (non-hydrogen) atoms. The van der Waals surface area contributed by atoms with Gasteiger partial charge in [0.05, 0.1) is 19.1 Å². The number of aromatic nitrogens is 2.